The average Bonchev–Trinajstić information content (AvgIpc) is 2.65. The van der Waals surface area contributed by atoms with E-state index in [0.717, 1.165) is 18.2 Å². The fourth-order valence-corrected chi connectivity index (χ4v) is 4.11. The molecule has 0 aliphatic carbocycles. The summed E-state index contributed by atoms with van der Waals surface area (Å²) >= 11 is 0. The molecule has 9 heteroatoms. The first-order valence-corrected chi connectivity index (χ1v) is 10.2. The van der Waals surface area contributed by atoms with E-state index in [2.05, 4.69) is 5.32 Å². The van der Waals surface area contributed by atoms with Gasteiger partial charge in [0.15, 0.2) is 0 Å². The number of rotatable bonds is 8. The van der Waals surface area contributed by atoms with Crippen LogP contribution in [0.4, 0.5) is 14.5 Å². The van der Waals surface area contributed by atoms with E-state index in [4.69, 9.17) is 4.74 Å². The van der Waals surface area contributed by atoms with E-state index in [9.17, 15) is 22.0 Å². The molecule has 0 aliphatic rings. The molecule has 0 aromatic heterocycles. The third-order valence-electron chi connectivity index (χ3n) is 4.02. The Bertz CT molecular complexity index is 960. The smallest absolute Gasteiger partial charge is 0.258 e. The minimum Gasteiger partial charge on any atom is -0.492 e. The van der Waals surface area contributed by atoms with Crippen LogP contribution in [0, 0.1) is 11.6 Å². The molecule has 1 amide bonds. The molecule has 0 aliphatic heterocycles. The van der Waals surface area contributed by atoms with Crippen molar-refractivity contribution in [3.05, 3.63) is 53.6 Å². The van der Waals surface area contributed by atoms with Gasteiger partial charge < -0.3 is 10.1 Å². The molecule has 0 heterocycles. The molecule has 0 spiro atoms. The van der Waals surface area contributed by atoms with Crippen molar-refractivity contribution in [1.82, 2.24) is 4.31 Å². The standard InChI is InChI=1S/C19H22F2N2O4S/c1-4-23(5-2)28(25,26)14-8-10-18(27-6-3)17(12-14)22-19(24)15-11-13(20)7-9-16(15)21/h7-12H,4-6H2,1-3H3,(H,22,24). The van der Waals surface area contributed by atoms with Crippen LogP contribution >= 0.6 is 0 Å². The van der Waals surface area contributed by atoms with Crippen LogP contribution in [-0.2, 0) is 10.0 Å². The molecule has 2 rings (SSSR count). The third kappa shape index (κ3) is 4.66. The number of benzene rings is 2. The fourth-order valence-electron chi connectivity index (χ4n) is 2.62. The maximum Gasteiger partial charge on any atom is 0.258 e. The van der Waals surface area contributed by atoms with Gasteiger partial charge in [0.1, 0.15) is 17.4 Å². The molecule has 0 radical (unpaired) electrons. The predicted octanol–water partition coefficient (Wildman–Crippen LogP) is 3.65. The summed E-state index contributed by atoms with van der Waals surface area (Å²) in [6, 6.07) is 6.54. The van der Waals surface area contributed by atoms with Gasteiger partial charge in [-0.2, -0.15) is 4.31 Å². The van der Waals surface area contributed by atoms with Crippen LogP contribution in [0.25, 0.3) is 0 Å². The highest BCUT2D eigenvalue weighted by molar-refractivity contribution is 7.89. The zero-order valence-corrected chi connectivity index (χ0v) is 16.6. The second kappa shape index (κ2) is 9.11. The largest absolute Gasteiger partial charge is 0.492 e. The van der Waals surface area contributed by atoms with Crippen molar-refractivity contribution in [2.24, 2.45) is 0 Å². The molecule has 2 aromatic rings. The summed E-state index contributed by atoms with van der Waals surface area (Å²) in [6.07, 6.45) is 0. The maximum atomic E-state index is 13.9. The Labute approximate surface area is 163 Å². The van der Waals surface area contributed by atoms with Gasteiger partial charge in [-0.1, -0.05) is 13.8 Å². The minimum atomic E-state index is -3.78. The van der Waals surface area contributed by atoms with Gasteiger partial charge in [0, 0.05) is 13.1 Å². The van der Waals surface area contributed by atoms with Crippen molar-refractivity contribution in [1.29, 1.82) is 0 Å². The van der Waals surface area contributed by atoms with Gasteiger partial charge in [-0.05, 0) is 43.3 Å². The van der Waals surface area contributed by atoms with Crippen molar-refractivity contribution in [2.75, 3.05) is 25.0 Å². The Morgan fingerprint density at radius 3 is 2.36 bits per heavy atom. The molecule has 0 fully saturated rings. The number of anilines is 1. The zero-order chi connectivity index (χ0) is 20.9. The Morgan fingerprint density at radius 1 is 1.07 bits per heavy atom. The molecule has 1 N–H and O–H groups in total. The van der Waals surface area contributed by atoms with Crippen LogP contribution in [0.2, 0.25) is 0 Å². The van der Waals surface area contributed by atoms with E-state index >= 15 is 0 Å². The summed E-state index contributed by atoms with van der Waals surface area (Å²) in [4.78, 5) is 12.4. The van der Waals surface area contributed by atoms with E-state index in [-0.39, 0.29) is 36.0 Å². The van der Waals surface area contributed by atoms with Crippen molar-refractivity contribution < 1.29 is 26.7 Å². The lowest BCUT2D eigenvalue weighted by molar-refractivity contribution is 0.102. The summed E-state index contributed by atoms with van der Waals surface area (Å²) in [7, 11) is -3.78. The monoisotopic (exact) mass is 412 g/mol. The summed E-state index contributed by atoms with van der Waals surface area (Å²) in [5.41, 5.74) is -0.455. The van der Waals surface area contributed by atoms with Gasteiger partial charge in [0.05, 0.1) is 22.8 Å². The molecule has 0 saturated heterocycles. The van der Waals surface area contributed by atoms with E-state index in [1.807, 2.05) is 0 Å². The van der Waals surface area contributed by atoms with E-state index < -0.39 is 33.1 Å². The van der Waals surface area contributed by atoms with Gasteiger partial charge in [-0.3, -0.25) is 4.79 Å². The first-order chi connectivity index (χ1) is 13.2. The predicted molar refractivity (Wildman–Crippen MR) is 102 cm³/mol. The van der Waals surface area contributed by atoms with Crippen molar-refractivity contribution >= 4 is 21.6 Å². The molecule has 0 bridgehead atoms. The molecule has 152 valence electrons. The van der Waals surface area contributed by atoms with Gasteiger partial charge in [-0.15, -0.1) is 0 Å². The number of sulfonamides is 1. The lowest BCUT2D eigenvalue weighted by Crippen LogP contribution is -2.30. The van der Waals surface area contributed by atoms with E-state index in [1.54, 1.807) is 20.8 Å². The molecule has 0 unspecified atom stereocenters. The lowest BCUT2D eigenvalue weighted by atomic mass is 10.2. The van der Waals surface area contributed by atoms with Gasteiger partial charge in [0.2, 0.25) is 10.0 Å². The second-order valence-electron chi connectivity index (χ2n) is 5.76. The quantitative estimate of drug-likeness (QED) is 0.718. The Hall–Kier alpha value is -2.52. The van der Waals surface area contributed by atoms with Crippen molar-refractivity contribution in [3.8, 4) is 5.75 Å². The van der Waals surface area contributed by atoms with Crippen LogP contribution in [0.15, 0.2) is 41.3 Å². The number of nitrogens with zero attached hydrogens (tertiary/aromatic N) is 1. The number of carbonyl (C=O) groups is 1. The van der Waals surface area contributed by atoms with Crippen LogP contribution < -0.4 is 10.1 Å². The highest BCUT2D eigenvalue weighted by Crippen LogP contribution is 2.30. The van der Waals surface area contributed by atoms with Crippen LogP contribution in [0.3, 0.4) is 0 Å². The highest BCUT2D eigenvalue weighted by atomic mass is 32.2. The molecule has 0 atom stereocenters. The van der Waals surface area contributed by atoms with Crippen molar-refractivity contribution in [2.45, 2.75) is 25.7 Å². The number of nitrogens with one attached hydrogen (secondary N) is 1. The topological polar surface area (TPSA) is 75.7 Å². The minimum absolute atomic E-state index is 0.0451. The first-order valence-electron chi connectivity index (χ1n) is 8.77. The third-order valence-corrected chi connectivity index (χ3v) is 6.06. The zero-order valence-electron chi connectivity index (χ0n) is 15.8. The number of amides is 1. The first kappa shape index (κ1) is 21.8. The highest BCUT2D eigenvalue weighted by Gasteiger charge is 2.24. The molecule has 6 nitrogen and oxygen atoms in total. The van der Waals surface area contributed by atoms with Crippen LogP contribution in [0.5, 0.6) is 5.75 Å². The Morgan fingerprint density at radius 2 is 1.75 bits per heavy atom. The Balaban J connectivity index is 2.46. The number of hydrogen-bond donors (Lipinski definition) is 1. The van der Waals surface area contributed by atoms with Crippen LogP contribution in [0.1, 0.15) is 31.1 Å². The molecular formula is C19H22F2N2O4S. The number of ether oxygens (including phenoxy) is 1. The summed E-state index contributed by atoms with van der Waals surface area (Å²) in [6.45, 7) is 5.97. The van der Waals surface area contributed by atoms with Crippen molar-refractivity contribution in [3.63, 3.8) is 0 Å². The van der Waals surface area contributed by atoms with Gasteiger partial charge in [0.25, 0.3) is 5.91 Å². The summed E-state index contributed by atoms with van der Waals surface area (Å²) in [5, 5.41) is 2.41. The molecule has 2 aromatic carbocycles. The van der Waals surface area contributed by atoms with E-state index in [1.165, 1.54) is 22.5 Å². The summed E-state index contributed by atoms with van der Waals surface area (Å²) < 4.78 is 59.4. The number of carbonyl (C=O) groups excluding carboxylic acids is 1. The van der Waals surface area contributed by atoms with E-state index in [0.29, 0.717) is 0 Å². The van der Waals surface area contributed by atoms with Gasteiger partial charge >= 0.3 is 0 Å². The maximum absolute atomic E-state index is 13.9. The average molecular weight is 412 g/mol. The Kier molecular flexibility index (Phi) is 7.09. The number of halogens is 2. The molecule has 0 saturated carbocycles. The van der Waals surface area contributed by atoms with Gasteiger partial charge in [-0.25, -0.2) is 17.2 Å². The van der Waals surface area contributed by atoms with Crippen LogP contribution in [-0.4, -0.2) is 38.3 Å². The fraction of sp³-hybridized carbons (Fsp3) is 0.316. The number of hydrogen-bond acceptors (Lipinski definition) is 4. The SMILES string of the molecule is CCOc1ccc(S(=O)(=O)N(CC)CC)cc1NC(=O)c1cc(F)ccc1F. The normalized spacial score (nSPS) is 11.5. The summed E-state index contributed by atoms with van der Waals surface area (Å²) in [5.74, 6) is -2.38. The second-order valence-corrected chi connectivity index (χ2v) is 7.70. The molecule has 28 heavy (non-hydrogen) atoms. The lowest BCUT2D eigenvalue weighted by Gasteiger charge is -2.20. The molecular weight excluding hydrogens is 390 g/mol.